The molecule has 0 unspecified atom stereocenters. The molecule has 1 aromatic heterocycles. The molecule has 34 heavy (non-hydrogen) atoms. The van der Waals surface area contributed by atoms with E-state index in [1.54, 1.807) is 31.5 Å². The van der Waals surface area contributed by atoms with Gasteiger partial charge < -0.3 is 14.5 Å². The molecule has 0 atom stereocenters. The van der Waals surface area contributed by atoms with Gasteiger partial charge in [0.25, 0.3) is 0 Å². The second-order valence-corrected chi connectivity index (χ2v) is 8.05. The zero-order chi connectivity index (χ0) is 22.8. The van der Waals surface area contributed by atoms with E-state index in [0.717, 1.165) is 30.2 Å². The second kappa shape index (κ2) is 10.1. The van der Waals surface area contributed by atoms with Crippen LogP contribution in [0.1, 0.15) is 15.9 Å². The molecular weight excluding hydrogens is 453 g/mol. The van der Waals surface area contributed by atoms with Crippen molar-refractivity contribution >= 4 is 40.5 Å². The first-order valence-electron chi connectivity index (χ1n) is 11.0. The van der Waals surface area contributed by atoms with E-state index in [1.165, 1.54) is 12.1 Å². The molecule has 0 radical (unpaired) electrons. The summed E-state index contributed by atoms with van der Waals surface area (Å²) >= 11 is 0. The maximum Gasteiger partial charge on any atom is 0.196 e. The highest BCUT2D eigenvalue weighted by Crippen LogP contribution is 2.33. The van der Waals surface area contributed by atoms with Crippen molar-refractivity contribution < 1.29 is 13.9 Å². The van der Waals surface area contributed by atoms with Crippen LogP contribution >= 0.6 is 12.4 Å². The second-order valence-electron chi connectivity index (χ2n) is 8.05. The summed E-state index contributed by atoms with van der Waals surface area (Å²) in [6, 6.07) is 21.7. The first-order valence-corrected chi connectivity index (χ1v) is 11.0. The molecule has 5 nitrogen and oxygen atoms in total. The molecule has 1 fully saturated rings. The van der Waals surface area contributed by atoms with E-state index >= 15 is 0 Å². The van der Waals surface area contributed by atoms with Gasteiger partial charge in [-0.15, -0.1) is 12.4 Å². The molecule has 174 valence electrons. The SMILES string of the molecule is COc1ccc(N2CCN(c3c(C(=O)c4ccccc4)cnc4ccc(F)cc34)CC2)cc1.Cl. The van der Waals surface area contributed by atoms with E-state index in [9.17, 15) is 9.18 Å². The quantitative estimate of drug-likeness (QED) is 0.362. The number of benzene rings is 3. The van der Waals surface area contributed by atoms with Gasteiger partial charge in [-0.25, -0.2) is 4.39 Å². The molecule has 0 saturated carbocycles. The molecule has 1 aliphatic rings. The molecule has 7 heteroatoms. The Labute approximate surface area is 204 Å². The van der Waals surface area contributed by atoms with Crippen LogP contribution in [0.3, 0.4) is 0 Å². The number of pyridine rings is 1. The van der Waals surface area contributed by atoms with Crippen LogP contribution in [0.2, 0.25) is 0 Å². The third-order valence-electron chi connectivity index (χ3n) is 6.12. The predicted octanol–water partition coefficient (Wildman–Crippen LogP) is 5.36. The number of methoxy groups -OCH3 is 1. The van der Waals surface area contributed by atoms with Gasteiger partial charge in [0.15, 0.2) is 5.78 Å². The molecule has 0 amide bonds. The van der Waals surface area contributed by atoms with Crippen molar-refractivity contribution in [2.45, 2.75) is 0 Å². The number of ether oxygens (including phenoxy) is 1. The number of carbonyl (C=O) groups excluding carboxylic acids is 1. The maximum atomic E-state index is 14.2. The Morgan fingerprint density at radius 3 is 2.26 bits per heavy atom. The van der Waals surface area contributed by atoms with Gasteiger partial charge in [0, 0.05) is 49.0 Å². The van der Waals surface area contributed by atoms with Gasteiger partial charge in [0.1, 0.15) is 11.6 Å². The van der Waals surface area contributed by atoms with Crippen LogP contribution in [0.5, 0.6) is 5.75 Å². The first kappa shape index (κ1) is 23.5. The fourth-order valence-electron chi connectivity index (χ4n) is 4.38. The van der Waals surface area contributed by atoms with Crippen molar-refractivity contribution in [1.82, 2.24) is 4.98 Å². The van der Waals surface area contributed by atoms with Crippen LogP contribution < -0.4 is 14.5 Å². The number of ketones is 1. The van der Waals surface area contributed by atoms with Gasteiger partial charge in [0.05, 0.1) is 23.9 Å². The van der Waals surface area contributed by atoms with E-state index in [-0.39, 0.29) is 24.0 Å². The lowest BCUT2D eigenvalue weighted by atomic mass is 9.99. The average molecular weight is 478 g/mol. The number of nitrogens with zero attached hydrogens (tertiary/aromatic N) is 3. The lowest BCUT2D eigenvalue weighted by Gasteiger charge is -2.38. The minimum atomic E-state index is -0.341. The van der Waals surface area contributed by atoms with Crippen LogP contribution in [0.15, 0.2) is 79.0 Å². The smallest absolute Gasteiger partial charge is 0.196 e. The van der Waals surface area contributed by atoms with Crippen molar-refractivity contribution in [2.75, 3.05) is 43.1 Å². The van der Waals surface area contributed by atoms with Crippen LogP contribution in [0.4, 0.5) is 15.8 Å². The number of carbonyl (C=O) groups is 1. The molecule has 2 heterocycles. The fourth-order valence-corrected chi connectivity index (χ4v) is 4.38. The standard InChI is InChI=1S/C27H24FN3O2.ClH/c1-33-22-10-8-21(9-11-22)30-13-15-31(16-14-30)26-23-17-20(28)7-12-25(23)29-18-24(26)27(32)19-5-3-2-4-6-19;/h2-12,17-18H,13-16H2,1H3;1H. The lowest BCUT2D eigenvalue weighted by molar-refractivity contribution is 0.103. The maximum absolute atomic E-state index is 14.2. The Morgan fingerprint density at radius 2 is 1.59 bits per heavy atom. The Bertz CT molecular complexity index is 1290. The van der Waals surface area contributed by atoms with Gasteiger partial charge in [-0.05, 0) is 42.5 Å². The van der Waals surface area contributed by atoms with Crippen molar-refractivity contribution in [3.8, 4) is 5.75 Å². The predicted molar refractivity (Wildman–Crippen MR) is 136 cm³/mol. The minimum absolute atomic E-state index is 0. The summed E-state index contributed by atoms with van der Waals surface area (Å²) < 4.78 is 19.5. The molecule has 0 aliphatic carbocycles. The average Bonchev–Trinajstić information content (AvgIpc) is 2.88. The molecule has 3 aromatic carbocycles. The molecule has 0 bridgehead atoms. The summed E-state index contributed by atoms with van der Waals surface area (Å²) in [7, 11) is 1.66. The molecule has 0 N–H and O–H groups in total. The Balaban J connectivity index is 0.00000274. The van der Waals surface area contributed by atoms with Gasteiger partial charge in [-0.2, -0.15) is 0 Å². The first-order chi connectivity index (χ1) is 16.1. The van der Waals surface area contributed by atoms with Crippen molar-refractivity contribution in [1.29, 1.82) is 0 Å². The summed E-state index contributed by atoms with van der Waals surface area (Å²) in [5.74, 6) is 0.375. The molecule has 1 saturated heterocycles. The number of aromatic nitrogens is 1. The largest absolute Gasteiger partial charge is 0.497 e. The van der Waals surface area contributed by atoms with E-state index in [4.69, 9.17) is 4.74 Å². The zero-order valence-electron chi connectivity index (χ0n) is 18.8. The van der Waals surface area contributed by atoms with E-state index in [1.807, 2.05) is 30.3 Å². The summed E-state index contributed by atoms with van der Waals surface area (Å²) in [4.78, 5) is 22.4. The number of halogens is 2. The Kier molecular flexibility index (Phi) is 6.98. The van der Waals surface area contributed by atoms with Gasteiger partial charge in [-0.1, -0.05) is 30.3 Å². The van der Waals surface area contributed by atoms with E-state index in [2.05, 4.69) is 26.9 Å². The molecule has 4 aromatic rings. The highest BCUT2D eigenvalue weighted by atomic mass is 35.5. The van der Waals surface area contributed by atoms with Gasteiger partial charge in [-0.3, -0.25) is 9.78 Å². The van der Waals surface area contributed by atoms with E-state index < -0.39 is 0 Å². The third kappa shape index (κ3) is 4.54. The molecule has 1 aliphatic heterocycles. The van der Waals surface area contributed by atoms with Crippen molar-refractivity contribution in [2.24, 2.45) is 0 Å². The summed E-state index contributed by atoms with van der Waals surface area (Å²) in [6.07, 6.45) is 1.63. The number of rotatable bonds is 5. The Hall–Kier alpha value is -3.64. The number of hydrogen-bond donors (Lipinski definition) is 0. The number of anilines is 2. The third-order valence-corrected chi connectivity index (χ3v) is 6.12. The van der Waals surface area contributed by atoms with Gasteiger partial charge >= 0.3 is 0 Å². The molecule has 5 rings (SSSR count). The normalized spacial score (nSPS) is 13.5. The number of fused-ring (bicyclic) bond motifs is 1. The number of piperazine rings is 1. The van der Waals surface area contributed by atoms with Crippen LogP contribution in [0, 0.1) is 5.82 Å². The minimum Gasteiger partial charge on any atom is -0.497 e. The van der Waals surface area contributed by atoms with Crippen LogP contribution in [-0.2, 0) is 0 Å². The highest BCUT2D eigenvalue weighted by Gasteiger charge is 2.25. The molecule has 0 spiro atoms. The van der Waals surface area contributed by atoms with E-state index in [0.29, 0.717) is 35.1 Å². The number of hydrogen-bond acceptors (Lipinski definition) is 5. The molecular formula is C27H25ClFN3O2. The topological polar surface area (TPSA) is 45.7 Å². The Morgan fingerprint density at radius 1 is 0.912 bits per heavy atom. The van der Waals surface area contributed by atoms with Crippen LogP contribution in [-0.4, -0.2) is 44.1 Å². The van der Waals surface area contributed by atoms with Gasteiger partial charge in [0.2, 0.25) is 0 Å². The monoisotopic (exact) mass is 477 g/mol. The summed E-state index contributed by atoms with van der Waals surface area (Å²) in [5.41, 5.74) is 3.64. The summed E-state index contributed by atoms with van der Waals surface area (Å²) in [5, 5.41) is 0.662. The zero-order valence-corrected chi connectivity index (χ0v) is 19.6. The summed E-state index contributed by atoms with van der Waals surface area (Å²) in [6.45, 7) is 2.97. The fraction of sp³-hybridized carbons (Fsp3) is 0.185. The lowest BCUT2D eigenvalue weighted by Crippen LogP contribution is -2.47. The van der Waals surface area contributed by atoms with Crippen LogP contribution in [0.25, 0.3) is 10.9 Å². The van der Waals surface area contributed by atoms with Crippen molar-refractivity contribution in [3.63, 3.8) is 0 Å². The van der Waals surface area contributed by atoms with Crippen molar-refractivity contribution in [3.05, 3.63) is 95.9 Å². The highest BCUT2D eigenvalue weighted by molar-refractivity contribution is 6.16.